The first-order valence-electron chi connectivity index (χ1n) is 7.01. The van der Waals surface area contributed by atoms with E-state index in [1.54, 1.807) is 4.90 Å². The number of nitrogen functional groups attached to an aromatic ring is 1. The molecule has 0 unspecified atom stereocenters. The van der Waals surface area contributed by atoms with Gasteiger partial charge in [-0.25, -0.2) is 4.79 Å². The Kier molecular flexibility index (Phi) is 3.89. The molecule has 1 aromatic rings. The van der Waals surface area contributed by atoms with Crippen LogP contribution in [0.3, 0.4) is 0 Å². The number of aliphatic hydroxyl groups is 1. The van der Waals surface area contributed by atoms with Crippen LogP contribution in [0.2, 0.25) is 0 Å². The van der Waals surface area contributed by atoms with E-state index >= 15 is 0 Å². The molecular weight excluding hydrogens is 260 g/mol. The van der Waals surface area contributed by atoms with Crippen molar-refractivity contribution in [2.45, 2.75) is 45.3 Å². The number of nitrogens with one attached hydrogen (secondary N) is 1. The van der Waals surface area contributed by atoms with E-state index in [9.17, 15) is 14.7 Å². The maximum absolute atomic E-state index is 11.9. The van der Waals surface area contributed by atoms with Crippen LogP contribution in [0, 0.1) is 0 Å². The van der Waals surface area contributed by atoms with Crippen molar-refractivity contribution < 1.29 is 5.11 Å². The molecule has 0 spiro atoms. The van der Waals surface area contributed by atoms with E-state index in [0.717, 1.165) is 12.8 Å². The van der Waals surface area contributed by atoms with Crippen LogP contribution in [0.15, 0.2) is 9.59 Å². The fraction of sp³-hybridized carbons (Fsp3) is 0.692. The summed E-state index contributed by atoms with van der Waals surface area (Å²) in [7, 11) is 0. The van der Waals surface area contributed by atoms with Gasteiger partial charge in [-0.2, -0.15) is 0 Å². The third kappa shape index (κ3) is 2.45. The molecule has 1 saturated heterocycles. The summed E-state index contributed by atoms with van der Waals surface area (Å²) in [4.78, 5) is 27.8. The van der Waals surface area contributed by atoms with E-state index in [0.29, 0.717) is 31.7 Å². The van der Waals surface area contributed by atoms with Gasteiger partial charge in [0.15, 0.2) is 0 Å². The number of unbranched alkanes of at least 4 members (excludes halogenated alkanes) is 1. The number of aromatic nitrogens is 2. The van der Waals surface area contributed by atoms with Crippen LogP contribution < -0.4 is 21.9 Å². The van der Waals surface area contributed by atoms with Gasteiger partial charge in [-0.3, -0.25) is 14.3 Å². The van der Waals surface area contributed by atoms with Crippen molar-refractivity contribution in [2.24, 2.45) is 0 Å². The maximum atomic E-state index is 11.9. The molecule has 0 amide bonds. The van der Waals surface area contributed by atoms with Crippen LogP contribution in [-0.4, -0.2) is 33.3 Å². The summed E-state index contributed by atoms with van der Waals surface area (Å²) >= 11 is 0. The Morgan fingerprint density at radius 2 is 2.00 bits per heavy atom. The van der Waals surface area contributed by atoms with Crippen LogP contribution in [0.4, 0.5) is 11.5 Å². The van der Waals surface area contributed by atoms with E-state index in [4.69, 9.17) is 5.73 Å². The molecule has 7 nitrogen and oxygen atoms in total. The zero-order valence-electron chi connectivity index (χ0n) is 12.0. The molecule has 20 heavy (non-hydrogen) atoms. The molecule has 4 N–H and O–H groups in total. The zero-order valence-corrected chi connectivity index (χ0v) is 12.0. The van der Waals surface area contributed by atoms with Crippen molar-refractivity contribution in [1.82, 2.24) is 9.55 Å². The second-order valence-electron chi connectivity index (χ2n) is 5.43. The average Bonchev–Trinajstić information content (AvgIpc) is 2.35. The molecule has 0 aromatic carbocycles. The van der Waals surface area contributed by atoms with E-state index in [2.05, 4.69) is 4.98 Å². The highest BCUT2D eigenvalue weighted by Crippen LogP contribution is 2.30. The molecule has 0 atom stereocenters. The largest absolute Gasteiger partial charge is 0.386 e. The lowest BCUT2D eigenvalue weighted by Crippen LogP contribution is -2.63. The Balaban J connectivity index is 2.35. The highest BCUT2D eigenvalue weighted by Gasteiger charge is 2.41. The molecule has 1 aromatic heterocycles. The number of hydrogen-bond donors (Lipinski definition) is 3. The molecule has 1 aliphatic rings. The van der Waals surface area contributed by atoms with Gasteiger partial charge in [0.2, 0.25) is 0 Å². The predicted molar refractivity (Wildman–Crippen MR) is 78.1 cm³/mol. The van der Waals surface area contributed by atoms with Gasteiger partial charge in [-0.1, -0.05) is 20.3 Å². The lowest BCUT2D eigenvalue weighted by Gasteiger charge is -2.47. The highest BCUT2D eigenvalue weighted by atomic mass is 16.3. The van der Waals surface area contributed by atoms with E-state index in [-0.39, 0.29) is 5.82 Å². The molecule has 0 radical (unpaired) electrons. The van der Waals surface area contributed by atoms with Gasteiger partial charge < -0.3 is 15.7 Å². The third-order valence-corrected chi connectivity index (χ3v) is 3.89. The fourth-order valence-corrected chi connectivity index (χ4v) is 2.47. The highest BCUT2D eigenvalue weighted by molar-refractivity contribution is 5.64. The van der Waals surface area contributed by atoms with Crippen LogP contribution >= 0.6 is 0 Å². The minimum Gasteiger partial charge on any atom is -0.386 e. The molecule has 1 fully saturated rings. The van der Waals surface area contributed by atoms with Crippen molar-refractivity contribution in [3.63, 3.8) is 0 Å². The molecular formula is C13H22N4O3. The Labute approximate surface area is 117 Å². The Morgan fingerprint density at radius 1 is 1.35 bits per heavy atom. The molecule has 7 heteroatoms. The molecule has 1 aliphatic heterocycles. The number of nitrogens with zero attached hydrogens (tertiary/aromatic N) is 2. The number of H-pyrrole nitrogens is 1. The van der Waals surface area contributed by atoms with Gasteiger partial charge in [0.1, 0.15) is 11.5 Å². The van der Waals surface area contributed by atoms with Gasteiger partial charge in [0.25, 0.3) is 5.56 Å². The predicted octanol–water partition coefficient (Wildman–Crippen LogP) is -0.120. The quantitative estimate of drug-likeness (QED) is 0.698. The third-order valence-electron chi connectivity index (χ3n) is 3.89. The van der Waals surface area contributed by atoms with Gasteiger partial charge in [-0.15, -0.1) is 0 Å². The lowest BCUT2D eigenvalue weighted by atomic mass is 9.91. The standard InChI is InChI=1S/C13H22N4O3/c1-3-5-6-17-10(14)9(11(18)15-12(17)19)16-7-13(20,4-2)8-16/h20H,3-8,14H2,1-2H3,(H,15,18,19). The minimum absolute atomic E-state index is 0.186. The van der Waals surface area contributed by atoms with Crippen molar-refractivity contribution in [2.75, 3.05) is 23.7 Å². The smallest absolute Gasteiger partial charge is 0.330 e. The summed E-state index contributed by atoms with van der Waals surface area (Å²) in [6.07, 6.45) is 2.37. The van der Waals surface area contributed by atoms with Crippen LogP contribution in [0.1, 0.15) is 33.1 Å². The molecule has 0 saturated carbocycles. The van der Waals surface area contributed by atoms with E-state index in [1.165, 1.54) is 4.57 Å². The fourth-order valence-electron chi connectivity index (χ4n) is 2.47. The number of rotatable bonds is 5. The van der Waals surface area contributed by atoms with Gasteiger partial charge >= 0.3 is 5.69 Å². The summed E-state index contributed by atoms with van der Waals surface area (Å²) in [5.74, 6) is 0.186. The maximum Gasteiger partial charge on any atom is 0.330 e. The molecule has 0 aliphatic carbocycles. The van der Waals surface area contributed by atoms with Crippen LogP contribution in [0.5, 0.6) is 0 Å². The first-order chi connectivity index (χ1) is 9.41. The van der Waals surface area contributed by atoms with Gasteiger partial charge in [0.05, 0.1) is 5.60 Å². The summed E-state index contributed by atoms with van der Waals surface area (Å²) in [5.41, 5.74) is 4.55. The summed E-state index contributed by atoms with van der Waals surface area (Å²) < 4.78 is 1.39. The monoisotopic (exact) mass is 282 g/mol. The number of nitrogens with two attached hydrogens (primary N) is 1. The second-order valence-corrected chi connectivity index (χ2v) is 5.43. The summed E-state index contributed by atoms with van der Waals surface area (Å²) in [6.45, 7) is 5.13. The van der Waals surface area contributed by atoms with Crippen molar-refractivity contribution in [3.8, 4) is 0 Å². The number of hydrogen-bond acceptors (Lipinski definition) is 5. The molecule has 2 rings (SSSR count). The van der Waals surface area contributed by atoms with E-state index < -0.39 is 16.9 Å². The van der Waals surface area contributed by atoms with Gasteiger partial charge in [-0.05, 0) is 12.8 Å². The average molecular weight is 282 g/mol. The SMILES string of the molecule is CCCCn1c(N)c(N2CC(O)(CC)C2)c(=O)[nH]c1=O. The number of anilines is 2. The molecule has 2 heterocycles. The Bertz CT molecular complexity index is 599. The van der Waals surface area contributed by atoms with E-state index in [1.807, 2.05) is 13.8 Å². The van der Waals surface area contributed by atoms with Crippen LogP contribution in [-0.2, 0) is 6.54 Å². The normalized spacial score (nSPS) is 17.1. The van der Waals surface area contributed by atoms with Crippen molar-refractivity contribution in [3.05, 3.63) is 20.8 Å². The number of aromatic amines is 1. The van der Waals surface area contributed by atoms with Crippen molar-refractivity contribution in [1.29, 1.82) is 0 Å². The molecule has 112 valence electrons. The zero-order chi connectivity index (χ0) is 14.9. The second kappa shape index (κ2) is 5.32. The van der Waals surface area contributed by atoms with Gasteiger partial charge in [0, 0.05) is 19.6 Å². The summed E-state index contributed by atoms with van der Waals surface area (Å²) in [5, 5.41) is 10.0. The first kappa shape index (κ1) is 14.6. The molecule has 0 bridgehead atoms. The first-order valence-corrected chi connectivity index (χ1v) is 7.01. The number of β-amino-alcohol motifs (C(OH)–C–C–N with tert-alkyl or cyclic N) is 1. The summed E-state index contributed by atoms with van der Waals surface area (Å²) in [6, 6.07) is 0. The Hall–Kier alpha value is -1.76. The van der Waals surface area contributed by atoms with Crippen molar-refractivity contribution >= 4 is 11.5 Å². The Morgan fingerprint density at radius 3 is 2.55 bits per heavy atom. The lowest BCUT2D eigenvalue weighted by molar-refractivity contribution is 0.00840. The van der Waals surface area contributed by atoms with Crippen LogP contribution in [0.25, 0.3) is 0 Å². The topological polar surface area (TPSA) is 104 Å². The minimum atomic E-state index is -0.761.